The molecule has 1 aromatic carbocycles. The number of benzene rings is 1. The summed E-state index contributed by atoms with van der Waals surface area (Å²) in [6, 6.07) is 8.23. The molecule has 25 heavy (non-hydrogen) atoms. The average Bonchev–Trinajstić information content (AvgIpc) is 3.42. The number of rotatable bonds is 7. The van der Waals surface area contributed by atoms with Crippen LogP contribution in [-0.2, 0) is 10.2 Å². The van der Waals surface area contributed by atoms with Gasteiger partial charge in [0.25, 0.3) is 0 Å². The molecule has 5 nitrogen and oxygen atoms in total. The number of aliphatic imine (C=N–C) groups is 1. The molecule has 2 N–H and O–H groups in total. The number of hydrogen-bond acceptors (Lipinski definition) is 3. The first-order valence-electron chi connectivity index (χ1n) is 9.30. The highest BCUT2D eigenvalue weighted by Crippen LogP contribution is 2.48. The minimum Gasteiger partial charge on any atom is -0.379 e. The third-order valence-electron chi connectivity index (χ3n) is 5.00. The van der Waals surface area contributed by atoms with Gasteiger partial charge in [0, 0.05) is 43.2 Å². The summed E-state index contributed by atoms with van der Waals surface area (Å²) in [6.45, 7) is 9.42. The van der Waals surface area contributed by atoms with Crippen LogP contribution >= 0.6 is 11.6 Å². The fraction of sp³-hybridized carbons (Fsp3) is 0.632. The molecule has 1 aliphatic carbocycles. The molecule has 1 aromatic rings. The monoisotopic (exact) mass is 364 g/mol. The fourth-order valence-electron chi connectivity index (χ4n) is 3.24. The number of nitrogens with zero attached hydrogens (tertiary/aromatic N) is 2. The first-order chi connectivity index (χ1) is 12.2. The van der Waals surface area contributed by atoms with Crippen LogP contribution in [0.2, 0.25) is 5.02 Å². The molecule has 1 saturated carbocycles. The second kappa shape index (κ2) is 8.88. The number of nitrogens with one attached hydrogen (secondary N) is 2. The Kier molecular flexibility index (Phi) is 6.57. The topological polar surface area (TPSA) is 48.9 Å². The largest absolute Gasteiger partial charge is 0.379 e. The molecule has 0 unspecified atom stereocenters. The van der Waals surface area contributed by atoms with Gasteiger partial charge in [-0.15, -0.1) is 0 Å². The first kappa shape index (κ1) is 18.5. The van der Waals surface area contributed by atoms with Gasteiger partial charge >= 0.3 is 0 Å². The summed E-state index contributed by atoms with van der Waals surface area (Å²) >= 11 is 6.16. The summed E-state index contributed by atoms with van der Waals surface area (Å²) in [7, 11) is 0. The summed E-state index contributed by atoms with van der Waals surface area (Å²) in [6.07, 6.45) is 2.37. The Hall–Kier alpha value is -1.30. The van der Waals surface area contributed by atoms with E-state index in [1.807, 2.05) is 12.1 Å². The molecule has 0 amide bonds. The van der Waals surface area contributed by atoms with E-state index in [9.17, 15) is 0 Å². The third-order valence-corrected chi connectivity index (χ3v) is 5.23. The second-order valence-electron chi connectivity index (χ2n) is 6.87. The molecular weight excluding hydrogens is 336 g/mol. The van der Waals surface area contributed by atoms with Crippen LogP contribution in [0.1, 0.15) is 25.3 Å². The van der Waals surface area contributed by atoms with Crippen molar-refractivity contribution in [2.75, 3.05) is 52.5 Å². The van der Waals surface area contributed by atoms with E-state index in [-0.39, 0.29) is 5.41 Å². The van der Waals surface area contributed by atoms with Gasteiger partial charge in [-0.3, -0.25) is 9.89 Å². The van der Waals surface area contributed by atoms with E-state index in [0.717, 1.165) is 63.5 Å². The minimum atomic E-state index is 0.178. The van der Waals surface area contributed by atoms with Gasteiger partial charge in [-0.05, 0) is 37.5 Å². The van der Waals surface area contributed by atoms with E-state index in [0.29, 0.717) is 0 Å². The smallest absolute Gasteiger partial charge is 0.191 e. The molecule has 138 valence electrons. The molecule has 2 aliphatic rings. The Morgan fingerprint density at radius 1 is 1.28 bits per heavy atom. The lowest BCUT2D eigenvalue weighted by atomic mass is 9.96. The molecule has 0 aromatic heterocycles. The normalized spacial score (nSPS) is 20.3. The zero-order chi connectivity index (χ0) is 17.5. The van der Waals surface area contributed by atoms with Crippen molar-refractivity contribution in [2.24, 2.45) is 4.99 Å². The van der Waals surface area contributed by atoms with E-state index < -0.39 is 0 Å². The predicted molar refractivity (Wildman–Crippen MR) is 104 cm³/mol. The van der Waals surface area contributed by atoms with Crippen LogP contribution in [0.5, 0.6) is 0 Å². The quantitative estimate of drug-likeness (QED) is 0.575. The zero-order valence-corrected chi connectivity index (χ0v) is 15.8. The lowest BCUT2D eigenvalue weighted by molar-refractivity contribution is 0.0389. The van der Waals surface area contributed by atoms with E-state index in [1.54, 1.807) is 0 Å². The highest BCUT2D eigenvalue weighted by Gasteiger charge is 2.44. The summed E-state index contributed by atoms with van der Waals surface area (Å²) < 4.78 is 5.39. The van der Waals surface area contributed by atoms with E-state index in [1.165, 1.54) is 18.4 Å². The lowest BCUT2D eigenvalue weighted by Gasteiger charge is -2.26. The predicted octanol–water partition coefficient (Wildman–Crippen LogP) is 2.26. The Labute approximate surface area is 155 Å². The Balaban J connectivity index is 1.53. The van der Waals surface area contributed by atoms with Crippen molar-refractivity contribution in [1.82, 2.24) is 15.5 Å². The second-order valence-corrected chi connectivity index (χ2v) is 7.30. The number of halogens is 1. The number of ether oxygens (including phenoxy) is 1. The first-order valence-corrected chi connectivity index (χ1v) is 9.68. The van der Waals surface area contributed by atoms with E-state index in [2.05, 4.69) is 34.6 Å². The third kappa shape index (κ3) is 5.33. The van der Waals surface area contributed by atoms with Gasteiger partial charge in [-0.1, -0.05) is 23.7 Å². The maximum Gasteiger partial charge on any atom is 0.191 e. The highest BCUT2D eigenvalue weighted by atomic mass is 35.5. The van der Waals surface area contributed by atoms with Crippen molar-refractivity contribution in [2.45, 2.75) is 25.2 Å². The van der Waals surface area contributed by atoms with Crippen molar-refractivity contribution < 1.29 is 4.74 Å². The van der Waals surface area contributed by atoms with Crippen molar-refractivity contribution in [1.29, 1.82) is 0 Å². The maximum absolute atomic E-state index is 6.16. The lowest BCUT2D eigenvalue weighted by Crippen LogP contribution is -2.44. The van der Waals surface area contributed by atoms with Gasteiger partial charge < -0.3 is 15.4 Å². The van der Waals surface area contributed by atoms with Crippen LogP contribution in [0.4, 0.5) is 0 Å². The SMILES string of the molecule is CCNC(=NCC1(c2cccc(Cl)c2)CC1)NCCN1CCOCC1. The molecule has 0 bridgehead atoms. The Morgan fingerprint density at radius 2 is 2.08 bits per heavy atom. The van der Waals surface area contributed by atoms with Gasteiger partial charge in [0.1, 0.15) is 0 Å². The summed E-state index contributed by atoms with van der Waals surface area (Å²) in [5.41, 5.74) is 1.49. The molecule has 0 spiro atoms. The van der Waals surface area contributed by atoms with Crippen molar-refractivity contribution >= 4 is 17.6 Å². The molecule has 2 fully saturated rings. The van der Waals surface area contributed by atoms with Crippen molar-refractivity contribution in [3.63, 3.8) is 0 Å². The van der Waals surface area contributed by atoms with E-state index in [4.69, 9.17) is 21.3 Å². The molecule has 3 rings (SSSR count). The number of morpholine rings is 1. The van der Waals surface area contributed by atoms with Gasteiger partial charge in [-0.25, -0.2) is 0 Å². The van der Waals surface area contributed by atoms with Crippen LogP contribution in [-0.4, -0.2) is 63.3 Å². The summed E-state index contributed by atoms with van der Waals surface area (Å²) in [5, 5.41) is 7.62. The standard InChI is InChI=1S/C19H29ClN4O/c1-2-21-18(22-8-9-24-10-12-25-13-11-24)23-15-19(6-7-19)16-4-3-5-17(20)14-16/h3-5,14H,2,6-13,15H2,1H3,(H2,21,22,23). The van der Waals surface area contributed by atoms with Crippen molar-refractivity contribution in [3.05, 3.63) is 34.9 Å². The van der Waals surface area contributed by atoms with Crippen LogP contribution in [0, 0.1) is 0 Å². The molecular formula is C19H29ClN4O. The summed E-state index contributed by atoms with van der Waals surface area (Å²) in [5.74, 6) is 0.907. The van der Waals surface area contributed by atoms with Gasteiger partial charge in [0.15, 0.2) is 5.96 Å². The molecule has 0 atom stereocenters. The molecule has 1 saturated heterocycles. The Morgan fingerprint density at radius 3 is 2.76 bits per heavy atom. The van der Waals surface area contributed by atoms with Crippen LogP contribution in [0.25, 0.3) is 0 Å². The fourth-order valence-corrected chi connectivity index (χ4v) is 3.43. The van der Waals surface area contributed by atoms with Crippen LogP contribution < -0.4 is 10.6 Å². The summed E-state index contributed by atoms with van der Waals surface area (Å²) in [4.78, 5) is 7.27. The number of hydrogen-bond donors (Lipinski definition) is 2. The molecule has 1 heterocycles. The average molecular weight is 365 g/mol. The maximum atomic E-state index is 6.16. The molecule has 6 heteroatoms. The van der Waals surface area contributed by atoms with Crippen LogP contribution in [0.15, 0.2) is 29.3 Å². The molecule has 1 aliphatic heterocycles. The number of guanidine groups is 1. The van der Waals surface area contributed by atoms with Crippen molar-refractivity contribution in [3.8, 4) is 0 Å². The van der Waals surface area contributed by atoms with Crippen LogP contribution in [0.3, 0.4) is 0 Å². The molecule has 0 radical (unpaired) electrons. The zero-order valence-electron chi connectivity index (χ0n) is 15.1. The Bertz CT molecular complexity index is 583. The van der Waals surface area contributed by atoms with Gasteiger partial charge in [-0.2, -0.15) is 0 Å². The van der Waals surface area contributed by atoms with Gasteiger partial charge in [0.05, 0.1) is 19.8 Å². The highest BCUT2D eigenvalue weighted by molar-refractivity contribution is 6.30. The van der Waals surface area contributed by atoms with E-state index >= 15 is 0 Å². The van der Waals surface area contributed by atoms with Gasteiger partial charge in [0.2, 0.25) is 0 Å². The minimum absolute atomic E-state index is 0.178.